The Morgan fingerprint density at radius 1 is 1.28 bits per heavy atom. The van der Waals surface area contributed by atoms with Gasteiger partial charge in [0.25, 0.3) is 0 Å². The van der Waals surface area contributed by atoms with E-state index < -0.39 is 0 Å². The lowest BCUT2D eigenvalue weighted by atomic mass is 10.1. The van der Waals surface area contributed by atoms with Gasteiger partial charge in [0.05, 0.1) is 6.61 Å². The molecule has 18 heavy (non-hydrogen) atoms. The minimum atomic E-state index is 0.335. The van der Waals surface area contributed by atoms with Crippen LogP contribution in [0.5, 0.6) is 5.75 Å². The van der Waals surface area contributed by atoms with Gasteiger partial charge >= 0.3 is 0 Å². The lowest BCUT2D eigenvalue weighted by molar-refractivity contribution is 0.110. The highest BCUT2D eigenvalue weighted by Gasteiger charge is 2.05. The first-order valence-electron chi connectivity index (χ1n) is 6.11. The number of carbonyl (C=O) groups excluding carboxylic acids is 1. The number of unbranched alkanes of at least 4 members (excludes halogenated alkanes) is 1. The smallest absolute Gasteiger partial charge is 0.185 e. The number of hydrogen-bond donors (Lipinski definition) is 0. The third kappa shape index (κ3) is 3.00. The third-order valence-corrected chi connectivity index (χ3v) is 2.63. The van der Waals surface area contributed by atoms with Crippen molar-refractivity contribution in [3.63, 3.8) is 0 Å². The summed E-state index contributed by atoms with van der Waals surface area (Å²) in [6.07, 6.45) is 2.85. The van der Waals surface area contributed by atoms with Crippen LogP contribution in [0, 0.1) is 0 Å². The molecule has 3 nitrogen and oxygen atoms in total. The average Bonchev–Trinajstić information content (AvgIpc) is 2.88. The van der Waals surface area contributed by atoms with E-state index in [9.17, 15) is 4.79 Å². The van der Waals surface area contributed by atoms with Gasteiger partial charge in [-0.2, -0.15) is 0 Å². The van der Waals surface area contributed by atoms with E-state index in [1.807, 2.05) is 24.3 Å². The van der Waals surface area contributed by atoms with Crippen molar-refractivity contribution in [3.8, 4) is 17.1 Å². The van der Waals surface area contributed by atoms with Gasteiger partial charge in [-0.3, -0.25) is 4.79 Å². The average molecular weight is 244 g/mol. The maximum Gasteiger partial charge on any atom is 0.185 e. The van der Waals surface area contributed by atoms with Crippen molar-refractivity contribution in [1.82, 2.24) is 0 Å². The van der Waals surface area contributed by atoms with E-state index in [0.29, 0.717) is 17.8 Å². The Morgan fingerprint density at radius 2 is 2.17 bits per heavy atom. The molecule has 0 aliphatic carbocycles. The van der Waals surface area contributed by atoms with Gasteiger partial charge in [0, 0.05) is 5.56 Å². The molecule has 0 radical (unpaired) electrons. The minimum absolute atomic E-state index is 0.335. The van der Waals surface area contributed by atoms with Gasteiger partial charge in [0.1, 0.15) is 11.5 Å². The Labute approximate surface area is 106 Å². The molecule has 1 heterocycles. The third-order valence-electron chi connectivity index (χ3n) is 2.63. The van der Waals surface area contributed by atoms with Crippen LogP contribution in [0.2, 0.25) is 0 Å². The number of benzene rings is 1. The molecule has 0 unspecified atom stereocenters. The zero-order chi connectivity index (χ0) is 12.8. The largest absolute Gasteiger partial charge is 0.494 e. The van der Waals surface area contributed by atoms with E-state index in [4.69, 9.17) is 9.15 Å². The van der Waals surface area contributed by atoms with Crippen molar-refractivity contribution in [1.29, 1.82) is 0 Å². The molecular weight excluding hydrogens is 228 g/mol. The van der Waals surface area contributed by atoms with Crippen LogP contribution < -0.4 is 4.74 Å². The minimum Gasteiger partial charge on any atom is -0.494 e. The lowest BCUT2D eigenvalue weighted by Crippen LogP contribution is -1.96. The van der Waals surface area contributed by atoms with Crippen LogP contribution in [0.4, 0.5) is 0 Å². The number of hydrogen-bond acceptors (Lipinski definition) is 3. The summed E-state index contributed by atoms with van der Waals surface area (Å²) in [4.78, 5) is 10.6. The van der Waals surface area contributed by atoms with Crippen molar-refractivity contribution >= 4 is 6.29 Å². The zero-order valence-corrected chi connectivity index (χ0v) is 10.4. The monoisotopic (exact) mass is 244 g/mol. The Kier molecular flexibility index (Phi) is 4.18. The molecule has 0 spiro atoms. The quantitative estimate of drug-likeness (QED) is 0.570. The first-order valence-corrected chi connectivity index (χ1v) is 6.11. The molecular formula is C15H16O3. The molecule has 0 bridgehead atoms. The van der Waals surface area contributed by atoms with E-state index in [1.165, 1.54) is 0 Å². The summed E-state index contributed by atoms with van der Waals surface area (Å²) in [5.41, 5.74) is 0.914. The standard InChI is InChI=1S/C15H16O3/c1-2-3-9-17-13-6-4-5-12(10-13)15-8-7-14(11-16)18-15/h4-8,10-11H,2-3,9H2,1H3. The second kappa shape index (κ2) is 6.05. The van der Waals surface area contributed by atoms with Gasteiger partial charge in [-0.15, -0.1) is 0 Å². The van der Waals surface area contributed by atoms with Crippen LogP contribution in [0.1, 0.15) is 30.3 Å². The summed E-state index contributed by atoms with van der Waals surface area (Å²) in [5.74, 6) is 1.84. The highest BCUT2D eigenvalue weighted by Crippen LogP contribution is 2.25. The summed E-state index contributed by atoms with van der Waals surface area (Å²) in [7, 11) is 0. The number of aldehydes is 1. The highest BCUT2D eigenvalue weighted by atomic mass is 16.5. The van der Waals surface area contributed by atoms with Gasteiger partial charge in [-0.05, 0) is 30.7 Å². The van der Waals surface area contributed by atoms with Crippen LogP contribution in [0.25, 0.3) is 11.3 Å². The SMILES string of the molecule is CCCCOc1cccc(-c2ccc(C=O)o2)c1. The fourth-order valence-electron chi connectivity index (χ4n) is 1.64. The summed E-state index contributed by atoms with van der Waals surface area (Å²) in [5, 5.41) is 0. The van der Waals surface area contributed by atoms with Crippen LogP contribution >= 0.6 is 0 Å². The molecule has 2 rings (SSSR count). The molecule has 0 N–H and O–H groups in total. The second-order valence-corrected chi connectivity index (χ2v) is 4.05. The predicted octanol–water partition coefficient (Wildman–Crippen LogP) is 3.94. The summed E-state index contributed by atoms with van der Waals surface area (Å²) < 4.78 is 11.0. The lowest BCUT2D eigenvalue weighted by Gasteiger charge is -2.06. The number of carbonyl (C=O) groups is 1. The number of ether oxygens (including phenoxy) is 1. The first-order chi connectivity index (χ1) is 8.83. The maximum atomic E-state index is 10.6. The van der Waals surface area contributed by atoms with Crippen molar-refractivity contribution in [2.45, 2.75) is 19.8 Å². The Hall–Kier alpha value is -2.03. The molecule has 0 saturated carbocycles. The Bertz CT molecular complexity index is 514. The molecule has 0 fully saturated rings. The van der Waals surface area contributed by atoms with Gasteiger partial charge < -0.3 is 9.15 Å². The molecule has 0 saturated heterocycles. The number of furan rings is 1. The van der Waals surface area contributed by atoms with Crippen LogP contribution in [0.15, 0.2) is 40.8 Å². The van der Waals surface area contributed by atoms with E-state index in [0.717, 1.165) is 30.8 Å². The van der Waals surface area contributed by atoms with Crippen molar-refractivity contribution < 1.29 is 13.9 Å². The normalized spacial score (nSPS) is 10.3. The molecule has 1 aromatic heterocycles. The van der Waals surface area contributed by atoms with E-state index in [2.05, 4.69) is 6.92 Å². The van der Waals surface area contributed by atoms with Crippen molar-refractivity contribution in [2.75, 3.05) is 6.61 Å². The van der Waals surface area contributed by atoms with Crippen LogP contribution in [0.3, 0.4) is 0 Å². The maximum absolute atomic E-state index is 10.6. The molecule has 0 aliphatic heterocycles. The van der Waals surface area contributed by atoms with E-state index in [1.54, 1.807) is 12.1 Å². The molecule has 0 atom stereocenters. The molecule has 0 amide bonds. The van der Waals surface area contributed by atoms with Crippen molar-refractivity contribution in [3.05, 3.63) is 42.2 Å². The molecule has 0 aliphatic rings. The fourth-order valence-corrected chi connectivity index (χ4v) is 1.64. The van der Waals surface area contributed by atoms with Crippen molar-refractivity contribution in [2.24, 2.45) is 0 Å². The molecule has 3 heteroatoms. The van der Waals surface area contributed by atoms with E-state index >= 15 is 0 Å². The summed E-state index contributed by atoms with van der Waals surface area (Å²) in [6, 6.07) is 11.1. The van der Waals surface area contributed by atoms with E-state index in [-0.39, 0.29) is 0 Å². The van der Waals surface area contributed by atoms with Crippen LogP contribution in [-0.4, -0.2) is 12.9 Å². The fraction of sp³-hybridized carbons (Fsp3) is 0.267. The van der Waals surface area contributed by atoms with Gasteiger partial charge in [-0.1, -0.05) is 25.5 Å². The zero-order valence-electron chi connectivity index (χ0n) is 10.4. The van der Waals surface area contributed by atoms with Gasteiger partial charge in [0.15, 0.2) is 12.0 Å². The summed E-state index contributed by atoms with van der Waals surface area (Å²) in [6.45, 7) is 2.85. The van der Waals surface area contributed by atoms with Crippen LogP contribution in [-0.2, 0) is 0 Å². The second-order valence-electron chi connectivity index (χ2n) is 4.05. The number of rotatable bonds is 6. The van der Waals surface area contributed by atoms with Gasteiger partial charge in [0.2, 0.25) is 0 Å². The first kappa shape index (κ1) is 12.4. The Morgan fingerprint density at radius 3 is 2.89 bits per heavy atom. The molecule has 2 aromatic rings. The topological polar surface area (TPSA) is 39.4 Å². The van der Waals surface area contributed by atoms with Gasteiger partial charge in [-0.25, -0.2) is 0 Å². The molecule has 94 valence electrons. The Balaban J connectivity index is 2.13. The highest BCUT2D eigenvalue weighted by molar-refractivity contribution is 5.73. The predicted molar refractivity (Wildman–Crippen MR) is 69.9 cm³/mol. The molecule has 1 aromatic carbocycles. The summed E-state index contributed by atoms with van der Waals surface area (Å²) >= 11 is 0.